The van der Waals surface area contributed by atoms with Crippen LogP contribution in [0.15, 0.2) is 56.4 Å². The molecule has 3 aromatic rings. The SMILES string of the molecule is CC(C)S(=O)(=O)c1ccc(CC(=O)Nc2nnc(-c3ccco3)o2)cc1. The Morgan fingerprint density at radius 3 is 2.50 bits per heavy atom. The lowest BCUT2D eigenvalue weighted by atomic mass is 10.1. The number of hydrogen-bond donors (Lipinski definition) is 1. The van der Waals surface area contributed by atoms with Gasteiger partial charge in [0.1, 0.15) is 0 Å². The number of hydrogen-bond acceptors (Lipinski definition) is 7. The third-order valence-corrected chi connectivity index (χ3v) is 5.81. The van der Waals surface area contributed by atoms with E-state index >= 15 is 0 Å². The number of sulfone groups is 1. The first kappa shape index (κ1) is 17.9. The molecule has 0 spiro atoms. The van der Waals surface area contributed by atoms with Crippen molar-refractivity contribution in [3.63, 3.8) is 0 Å². The monoisotopic (exact) mass is 375 g/mol. The zero-order chi connectivity index (χ0) is 18.7. The number of carbonyl (C=O) groups is 1. The van der Waals surface area contributed by atoms with Crippen molar-refractivity contribution in [3.05, 3.63) is 48.2 Å². The Kier molecular flexibility index (Phi) is 4.90. The maximum absolute atomic E-state index is 12.1. The molecule has 0 bridgehead atoms. The zero-order valence-electron chi connectivity index (χ0n) is 14.2. The summed E-state index contributed by atoms with van der Waals surface area (Å²) in [7, 11) is -3.33. The molecule has 2 heterocycles. The third kappa shape index (κ3) is 3.83. The number of amides is 1. The molecule has 0 radical (unpaired) electrons. The summed E-state index contributed by atoms with van der Waals surface area (Å²) in [5.41, 5.74) is 0.663. The number of anilines is 1. The van der Waals surface area contributed by atoms with Crippen LogP contribution in [-0.2, 0) is 21.1 Å². The highest BCUT2D eigenvalue weighted by atomic mass is 32.2. The van der Waals surface area contributed by atoms with Crippen LogP contribution in [-0.4, -0.2) is 29.8 Å². The highest BCUT2D eigenvalue weighted by molar-refractivity contribution is 7.92. The van der Waals surface area contributed by atoms with Gasteiger partial charge in [-0.2, -0.15) is 0 Å². The quantitative estimate of drug-likeness (QED) is 0.704. The standard InChI is InChI=1S/C17H17N3O5S/c1-11(2)26(22,23)13-7-5-12(6-8-13)10-15(21)18-17-20-19-16(25-17)14-4-3-9-24-14/h3-9,11H,10H2,1-2H3,(H,18,20,21). The summed E-state index contributed by atoms with van der Waals surface area (Å²) in [4.78, 5) is 12.3. The van der Waals surface area contributed by atoms with Crippen LogP contribution in [0.1, 0.15) is 19.4 Å². The molecule has 1 amide bonds. The number of carbonyl (C=O) groups excluding carboxylic acids is 1. The summed E-state index contributed by atoms with van der Waals surface area (Å²) in [5, 5.41) is 9.51. The Labute approximate surface area is 150 Å². The van der Waals surface area contributed by atoms with E-state index in [0.29, 0.717) is 11.3 Å². The van der Waals surface area contributed by atoms with E-state index in [4.69, 9.17) is 8.83 Å². The van der Waals surface area contributed by atoms with E-state index in [9.17, 15) is 13.2 Å². The molecular formula is C17H17N3O5S. The second kappa shape index (κ2) is 7.12. The fraction of sp³-hybridized carbons (Fsp3) is 0.235. The number of rotatable bonds is 6. The van der Waals surface area contributed by atoms with Crippen LogP contribution in [0, 0.1) is 0 Å². The Morgan fingerprint density at radius 1 is 1.15 bits per heavy atom. The fourth-order valence-corrected chi connectivity index (χ4v) is 3.25. The lowest BCUT2D eigenvalue weighted by molar-refractivity contribution is -0.115. The van der Waals surface area contributed by atoms with Gasteiger partial charge in [0, 0.05) is 0 Å². The van der Waals surface area contributed by atoms with Crippen molar-refractivity contribution in [2.24, 2.45) is 0 Å². The molecule has 0 aliphatic rings. The van der Waals surface area contributed by atoms with Crippen LogP contribution in [0.25, 0.3) is 11.7 Å². The van der Waals surface area contributed by atoms with Crippen molar-refractivity contribution in [1.29, 1.82) is 0 Å². The Bertz CT molecular complexity index is 989. The van der Waals surface area contributed by atoms with Crippen LogP contribution in [0.2, 0.25) is 0 Å². The van der Waals surface area contributed by atoms with Crippen LogP contribution in [0.3, 0.4) is 0 Å². The summed E-state index contributed by atoms with van der Waals surface area (Å²) in [6.45, 7) is 3.25. The first-order valence-electron chi connectivity index (χ1n) is 7.86. The molecule has 1 N–H and O–H groups in total. The van der Waals surface area contributed by atoms with Crippen molar-refractivity contribution >= 4 is 21.8 Å². The molecule has 0 unspecified atom stereocenters. The van der Waals surface area contributed by atoms with Crippen LogP contribution >= 0.6 is 0 Å². The number of furan rings is 1. The predicted octanol–water partition coefficient (Wildman–Crippen LogP) is 2.69. The van der Waals surface area contributed by atoms with E-state index in [2.05, 4.69) is 15.5 Å². The lowest BCUT2D eigenvalue weighted by Gasteiger charge is -2.08. The van der Waals surface area contributed by atoms with Gasteiger partial charge in [-0.15, -0.1) is 5.10 Å². The molecule has 2 aromatic heterocycles. The van der Waals surface area contributed by atoms with Gasteiger partial charge in [0.2, 0.25) is 5.91 Å². The molecule has 9 heteroatoms. The van der Waals surface area contributed by atoms with Crippen molar-refractivity contribution in [2.45, 2.75) is 30.4 Å². The smallest absolute Gasteiger partial charge is 0.322 e. The van der Waals surface area contributed by atoms with E-state index in [0.717, 1.165) is 0 Å². The number of benzene rings is 1. The average Bonchev–Trinajstić information content (AvgIpc) is 3.26. The molecule has 0 aliphatic carbocycles. The average molecular weight is 375 g/mol. The van der Waals surface area contributed by atoms with Gasteiger partial charge in [-0.1, -0.05) is 17.2 Å². The molecule has 0 aliphatic heterocycles. The lowest BCUT2D eigenvalue weighted by Crippen LogP contribution is -2.16. The van der Waals surface area contributed by atoms with Crippen LogP contribution in [0.4, 0.5) is 6.01 Å². The van der Waals surface area contributed by atoms with E-state index in [1.165, 1.54) is 18.4 Å². The molecular weight excluding hydrogens is 358 g/mol. The summed E-state index contributed by atoms with van der Waals surface area (Å²) in [5.74, 6) is 0.201. The molecule has 0 atom stereocenters. The molecule has 0 saturated heterocycles. The van der Waals surface area contributed by atoms with Crippen molar-refractivity contribution in [1.82, 2.24) is 10.2 Å². The third-order valence-electron chi connectivity index (χ3n) is 3.64. The molecule has 8 nitrogen and oxygen atoms in total. The van der Waals surface area contributed by atoms with Crippen LogP contribution in [0.5, 0.6) is 0 Å². The van der Waals surface area contributed by atoms with Gasteiger partial charge in [-0.25, -0.2) is 8.42 Å². The number of nitrogens with one attached hydrogen (secondary N) is 1. The highest BCUT2D eigenvalue weighted by Gasteiger charge is 2.19. The minimum Gasteiger partial charge on any atom is -0.459 e. The van der Waals surface area contributed by atoms with Gasteiger partial charge >= 0.3 is 6.01 Å². The first-order chi connectivity index (χ1) is 12.4. The summed E-state index contributed by atoms with van der Waals surface area (Å²) in [6.07, 6.45) is 1.52. The fourth-order valence-electron chi connectivity index (χ4n) is 2.19. The molecule has 26 heavy (non-hydrogen) atoms. The minimum atomic E-state index is -3.33. The van der Waals surface area contributed by atoms with Crippen molar-refractivity contribution in [2.75, 3.05) is 5.32 Å². The molecule has 1 aromatic carbocycles. The molecule has 3 rings (SSSR count). The van der Waals surface area contributed by atoms with Gasteiger partial charge in [-0.3, -0.25) is 10.1 Å². The maximum Gasteiger partial charge on any atom is 0.322 e. The number of aromatic nitrogens is 2. The van der Waals surface area contributed by atoms with Gasteiger partial charge in [-0.05, 0) is 43.7 Å². The Hall–Kier alpha value is -2.94. The topological polar surface area (TPSA) is 115 Å². The normalized spacial score (nSPS) is 11.7. The predicted molar refractivity (Wildman–Crippen MR) is 93.1 cm³/mol. The minimum absolute atomic E-state index is 0.0413. The summed E-state index contributed by atoms with van der Waals surface area (Å²) in [6, 6.07) is 9.51. The Balaban J connectivity index is 1.63. The zero-order valence-corrected chi connectivity index (χ0v) is 15.0. The molecule has 0 saturated carbocycles. The molecule has 0 fully saturated rings. The second-order valence-corrected chi connectivity index (χ2v) is 8.36. The van der Waals surface area contributed by atoms with E-state index in [1.54, 1.807) is 38.1 Å². The van der Waals surface area contributed by atoms with Crippen molar-refractivity contribution in [3.8, 4) is 11.7 Å². The number of nitrogens with zero attached hydrogens (tertiary/aromatic N) is 2. The van der Waals surface area contributed by atoms with E-state index < -0.39 is 15.1 Å². The largest absolute Gasteiger partial charge is 0.459 e. The van der Waals surface area contributed by atoms with Crippen LogP contribution < -0.4 is 5.32 Å². The van der Waals surface area contributed by atoms with Gasteiger partial charge in [0.15, 0.2) is 15.6 Å². The summed E-state index contributed by atoms with van der Waals surface area (Å²) >= 11 is 0. The second-order valence-electron chi connectivity index (χ2n) is 5.85. The summed E-state index contributed by atoms with van der Waals surface area (Å²) < 4.78 is 34.6. The van der Waals surface area contributed by atoms with Gasteiger partial charge < -0.3 is 8.83 Å². The van der Waals surface area contributed by atoms with Gasteiger partial charge in [0.25, 0.3) is 5.89 Å². The maximum atomic E-state index is 12.1. The van der Waals surface area contributed by atoms with E-state index in [1.807, 2.05) is 0 Å². The van der Waals surface area contributed by atoms with Crippen molar-refractivity contribution < 1.29 is 22.0 Å². The first-order valence-corrected chi connectivity index (χ1v) is 9.41. The van der Waals surface area contributed by atoms with E-state index in [-0.39, 0.29) is 29.1 Å². The molecule has 136 valence electrons. The Morgan fingerprint density at radius 2 is 1.88 bits per heavy atom. The highest BCUT2D eigenvalue weighted by Crippen LogP contribution is 2.20. The van der Waals surface area contributed by atoms with Gasteiger partial charge in [0.05, 0.1) is 22.8 Å².